The van der Waals surface area contributed by atoms with E-state index in [1.807, 2.05) is 6.07 Å². The van der Waals surface area contributed by atoms with Gasteiger partial charge in [0.1, 0.15) is 16.7 Å². The molecule has 14 rings (SSSR count). The van der Waals surface area contributed by atoms with E-state index in [1.54, 1.807) is 0 Å². The van der Waals surface area contributed by atoms with Gasteiger partial charge in [-0.1, -0.05) is 170 Å². The van der Waals surface area contributed by atoms with E-state index in [-0.39, 0.29) is 0 Å². The highest BCUT2D eigenvalue weighted by Gasteiger charge is 2.51. The fourth-order valence-electron chi connectivity index (χ4n) is 11.1. The van der Waals surface area contributed by atoms with Crippen LogP contribution in [0.15, 0.2) is 233 Å². The summed E-state index contributed by atoms with van der Waals surface area (Å²) in [5.74, 6) is 0. The monoisotopic (exact) mass is 815 g/mol. The van der Waals surface area contributed by atoms with E-state index in [0.717, 1.165) is 72.1 Å². The number of benzene rings is 10. The topological polar surface area (TPSA) is 29.5 Å². The molecule has 1 spiro atoms. The van der Waals surface area contributed by atoms with E-state index in [2.05, 4.69) is 223 Å². The molecule has 2 aliphatic rings. The fourth-order valence-corrected chi connectivity index (χ4v) is 11.1. The minimum Gasteiger partial charge on any atom is -0.456 e. The van der Waals surface area contributed by atoms with Gasteiger partial charge in [0, 0.05) is 32.9 Å². The van der Waals surface area contributed by atoms with Crippen molar-refractivity contribution in [3.05, 3.63) is 247 Å². The maximum atomic E-state index is 7.07. The second-order valence-electron chi connectivity index (χ2n) is 17.1. The summed E-state index contributed by atoms with van der Waals surface area (Å²) < 4.78 is 13.7. The molecule has 2 aliphatic carbocycles. The van der Waals surface area contributed by atoms with E-state index in [0.29, 0.717) is 0 Å². The lowest BCUT2D eigenvalue weighted by molar-refractivity contribution is 0.664. The number of hydrogen-bond donors (Lipinski definition) is 0. The van der Waals surface area contributed by atoms with E-state index in [1.165, 1.54) is 55.6 Å². The number of rotatable bonds is 5. The van der Waals surface area contributed by atoms with Crippen LogP contribution in [0, 0.1) is 0 Å². The standard InChI is InChI=1S/C61H37NO2/c1-3-14-38(15-4-1)40-26-29-42(30-27-40)62(43-31-33-47-46-20-9-12-24-54(46)61(55(47)35-43)52-22-10-7-18-44(52)45-19-8-11-23-53(45)61)56-25-13-21-49-51-37-58-50(36-59(51)64-60(49)56)48-32-28-41(34-57(48)63-58)39-16-5-2-6-17-39/h1-37H. The first-order valence-electron chi connectivity index (χ1n) is 22.0. The average molecular weight is 816 g/mol. The summed E-state index contributed by atoms with van der Waals surface area (Å²) in [6.45, 7) is 0. The number of nitrogens with zero attached hydrogens (tertiary/aromatic N) is 1. The Bertz CT molecular complexity index is 3780. The van der Waals surface area contributed by atoms with Crippen LogP contribution in [-0.2, 0) is 5.41 Å². The van der Waals surface area contributed by atoms with Crippen molar-refractivity contribution in [3.8, 4) is 44.5 Å². The average Bonchev–Trinajstić information content (AvgIpc) is 4.09. The Hall–Kier alpha value is -8.40. The lowest BCUT2D eigenvalue weighted by atomic mass is 9.70. The normalized spacial score (nSPS) is 13.1. The van der Waals surface area contributed by atoms with E-state index < -0.39 is 5.41 Å². The van der Waals surface area contributed by atoms with Gasteiger partial charge in [-0.2, -0.15) is 0 Å². The number of fused-ring (bicyclic) bond motifs is 16. The first-order chi connectivity index (χ1) is 31.7. The van der Waals surface area contributed by atoms with Crippen LogP contribution < -0.4 is 4.90 Å². The van der Waals surface area contributed by atoms with Crippen LogP contribution in [0.1, 0.15) is 22.3 Å². The van der Waals surface area contributed by atoms with Crippen LogP contribution in [0.4, 0.5) is 17.1 Å². The van der Waals surface area contributed by atoms with Gasteiger partial charge in [-0.3, -0.25) is 0 Å². The second-order valence-corrected chi connectivity index (χ2v) is 17.1. The van der Waals surface area contributed by atoms with Crippen molar-refractivity contribution in [1.29, 1.82) is 0 Å². The molecule has 3 heteroatoms. The van der Waals surface area contributed by atoms with Gasteiger partial charge in [0.25, 0.3) is 0 Å². The van der Waals surface area contributed by atoms with Crippen LogP contribution in [0.2, 0.25) is 0 Å². The Morgan fingerprint density at radius 3 is 1.45 bits per heavy atom. The molecule has 0 unspecified atom stereocenters. The summed E-state index contributed by atoms with van der Waals surface area (Å²) in [5, 5.41) is 4.17. The molecule has 0 bridgehead atoms. The molecule has 0 saturated heterocycles. The highest BCUT2D eigenvalue weighted by Crippen LogP contribution is 2.63. The Morgan fingerprint density at radius 2 is 0.797 bits per heavy atom. The Morgan fingerprint density at radius 1 is 0.297 bits per heavy atom. The third-order valence-electron chi connectivity index (χ3n) is 13.9. The third kappa shape index (κ3) is 4.86. The van der Waals surface area contributed by atoms with Gasteiger partial charge in [0.2, 0.25) is 0 Å². The number of para-hydroxylation sites is 1. The SMILES string of the molecule is c1ccc(-c2ccc(N(c3ccc4c(c3)C3(c5ccccc5-c5ccccc53)c3ccccc3-4)c3cccc4c3oc3cc5c(cc34)oc3cc(-c4ccccc4)ccc35)cc2)cc1. The predicted octanol–water partition coefficient (Wildman–Crippen LogP) is 16.6. The second kappa shape index (κ2) is 13.3. The molecule has 10 aromatic carbocycles. The van der Waals surface area contributed by atoms with Crippen LogP contribution in [0.25, 0.3) is 88.4 Å². The van der Waals surface area contributed by atoms with Crippen molar-refractivity contribution in [1.82, 2.24) is 0 Å². The van der Waals surface area contributed by atoms with Crippen LogP contribution >= 0.6 is 0 Å². The molecule has 0 saturated carbocycles. The summed E-state index contributed by atoms with van der Waals surface area (Å²) in [6, 6.07) is 81.4. The molecular weight excluding hydrogens is 779 g/mol. The zero-order chi connectivity index (χ0) is 41.9. The molecule has 2 aromatic heterocycles. The predicted molar refractivity (Wildman–Crippen MR) is 263 cm³/mol. The highest BCUT2D eigenvalue weighted by molar-refractivity contribution is 6.17. The zero-order valence-corrected chi connectivity index (χ0v) is 34.6. The maximum Gasteiger partial charge on any atom is 0.159 e. The van der Waals surface area contributed by atoms with Crippen molar-refractivity contribution < 1.29 is 8.83 Å². The van der Waals surface area contributed by atoms with E-state index >= 15 is 0 Å². The molecule has 3 nitrogen and oxygen atoms in total. The van der Waals surface area contributed by atoms with Crippen molar-refractivity contribution in [2.24, 2.45) is 0 Å². The van der Waals surface area contributed by atoms with Crippen molar-refractivity contribution >= 4 is 60.9 Å². The molecule has 0 aliphatic heterocycles. The minimum absolute atomic E-state index is 0.470. The first kappa shape index (κ1) is 35.2. The smallest absolute Gasteiger partial charge is 0.159 e. The van der Waals surface area contributed by atoms with Gasteiger partial charge in [-0.05, 0) is 121 Å². The summed E-state index contributed by atoms with van der Waals surface area (Å²) in [5.41, 5.74) is 21.0. The number of anilines is 3. The van der Waals surface area contributed by atoms with Crippen molar-refractivity contribution in [2.45, 2.75) is 5.41 Å². The highest BCUT2D eigenvalue weighted by atomic mass is 16.3. The van der Waals surface area contributed by atoms with Gasteiger partial charge in [-0.15, -0.1) is 0 Å². The molecule has 0 radical (unpaired) electrons. The number of furan rings is 2. The lowest BCUT2D eigenvalue weighted by Crippen LogP contribution is -2.26. The van der Waals surface area contributed by atoms with Gasteiger partial charge >= 0.3 is 0 Å². The van der Waals surface area contributed by atoms with Gasteiger partial charge < -0.3 is 13.7 Å². The molecule has 64 heavy (non-hydrogen) atoms. The molecule has 0 atom stereocenters. The molecule has 0 fully saturated rings. The third-order valence-corrected chi connectivity index (χ3v) is 13.9. The number of hydrogen-bond acceptors (Lipinski definition) is 3. The molecule has 12 aromatic rings. The van der Waals surface area contributed by atoms with Crippen LogP contribution in [0.3, 0.4) is 0 Å². The largest absolute Gasteiger partial charge is 0.456 e. The van der Waals surface area contributed by atoms with Gasteiger partial charge in [0.05, 0.1) is 11.1 Å². The minimum atomic E-state index is -0.470. The van der Waals surface area contributed by atoms with E-state index in [9.17, 15) is 0 Å². The Kier molecular flexibility index (Phi) is 7.32. The first-order valence-corrected chi connectivity index (χ1v) is 22.0. The molecule has 0 amide bonds. The van der Waals surface area contributed by atoms with Crippen molar-refractivity contribution in [3.63, 3.8) is 0 Å². The fraction of sp³-hybridized carbons (Fsp3) is 0.0164. The van der Waals surface area contributed by atoms with Crippen LogP contribution in [0.5, 0.6) is 0 Å². The molecule has 298 valence electrons. The molecule has 0 N–H and O–H groups in total. The summed E-state index contributed by atoms with van der Waals surface area (Å²) in [6.07, 6.45) is 0. The molecular formula is C61H37NO2. The lowest BCUT2D eigenvalue weighted by Gasteiger charge is -2.32. The quantitative estimate of drug-likeness (QED) is 0.173. The zero-order valence-electron chi connectivity index (χ0n) is 34.6. The molecule has 2 heterocycles. The maximum absolute atomic E-state index is 7.07. The Labute approximate surface area is 369 Å². The Balaban J connectivity index is 0.987. The van der Waals surface area contributed by atoms with E-state index in [4.69, 9.17) is 8.83 Å². The summed E-state index contributed by atoms with van der Waals surface area (Å²) in [4.78, 5) is 2.38. The van der Waals surface area contributed by atoms with Gasteiger partial charge in [-0.25, -0.2) is 0 Å². The summed E-state index contributed by atoms with van der Waals surface area (Å²) >= 11 is 0. The van der Waals surface area contributed by atoms with Crippen molar-refractivity contribution in [2.75, 3.05) is 4.90 Å². The van der Waals surface area contributed by atoms with Gasteiger partial charge in [0.15, 0.2) is 5.58 Å². The van der Waals surface area contributed by atoms with Crippen LogP contribution in [-0.4, -0.2) is 0 Å². The summed E-state index contributed by atoms with van der Waals surface area (Å²) in [7, 11) is 0.